The highest BCUT2D eigenvalue weighted by Crippen LogP contribution is 2.32. The highest BCUT2D eigenvalue weighted by Gasteiger charge is 2.21. The molecular weight excluding hydrogens is 394 g/mol. The van der Waals surface area contributed by atoms with Crippen LogP contribution in [-0.2, 0) is 6.54 Å². The zero-order valence-electron chi connectivity index (χ0n) is 19.4. The van der Waals surface area contributed by atoms with Crippen molar-refractivity contribution < 1.29 is 14.3 Å². The molecular formula is C24H35N3O4. The summed E-state index contributed by atoms with van der Waals surface area (Å²) in [7, 11) is 3.07. The van der Waals surface area contributed by atoms with Crippen LogP contribution in [0, 0.1) is 11.8 Å². The number of rotatable bonds is 8. The Morgan fingerprint density at radius 3 is 2.29 bits per heavy atom. The second kappa shape index (κ2) is 10.2. The summed E-state index contributed by atoms with van der Waals surface area (Å²) in [5.41, 5.74) is 0.320. The Morgan fingerprint density at radius 2 is 1.71 bits per heavy atom. The van der Waals surface area contributed by atoms with Crippen LogP contribution in [0.15, 0.2) is 23.1 Å². The molecule has 1 aliphatic rings. The first-order valence-corrected chi connectivity index (χ1v) is 11.2. The maximum Gasteiger partial charge on any atom is 0.258 e. The molecule has 31 heavy (non-hydrogen) atoms. The van der Waals surface area contributed by atoms with E-state index in [1.54, 1.807) is 30.0 Å². The molecule has 1 saturated heterocycles. The van der Waals surface area contributed by atoms with Gasteiger partial charge in [-0.05, 0) is 50.3 Å². The second-order valence-electron chi connectivity index (χ2n) is 8.70. The predicted molar refractivity (Wildman–Crippen MR) is 123 cm³/mol. The molecule has 0 bridgehead atoms. The van der Waals surface area contributed by atoms with Gasteiger partial charge < -0.3 is 24.3 Å². The van der Waals surface area contributed by atoms with Crippen LogP contribution in [0.25, 0.3) is 10.8 Å². The molecule has 2 heterocycles. The lowest BCUT2D eigenvalue weighted by molar-refractivity contribution is 0.0948. The van der Waals surface area contributed by atoms with E-state index >= 15 is 0 Å². The maximum atomic E-state index is 13.0. The number of carbonyl (C=O) groups is 1. The van der Waals surface area contributed by atoms with Crippen molar-refractivity contribution in [3.63, 3.8) is 0 Å². The number of aryl methyl sites for hydroxylation is 1. The molecule has 0 unspecified atom stereocenters. The summed E-state index contributed by atoms with van der Waals surface area (Å²) in [6, 6.07) is 3.36. The fraction of sp³-hybridized carbons (Fsp3) is 0.583. The Balaban J connectivity index is 1.76. The number of hydrogen-bond acceptors (Lipinski definition) is 5. The van der Waals surface area contributed by atoms with Crippen molar-refractivity contribution in [2.24, 2.45) is 11.8 Å². The van der Waals surface area contributed by atoms with Crippen molar-refractivity contribution in [2.45, 2.75) is 40.2 Å². The third-order valence-corrected chi connectivity index (χ3v) is 6.06. The Morgan fingerprint density at radius 1 is 1.10 bits per heavy atom. The first kappa shape index (κ1) is 23.1. The van der Waals surface area contributed by atoms with Gasteiger partial charge in [0.05, 0.1) is 25.2 Å². The van der Waals surface area contributed by atoms with Gasteiger partial charge in [0, 0.05) is 37.8 Å². The van der Waals surface area contributed by atoms with Crippen molar-refractivity contribution >= 4 is 16.7 Å². The number of hydrogen-bond donors (Lipinski definition) is 1. The molecule has 1 aromatic heterocycles. The van der Waals surface area contributed by atoms with Crippen LogP contribution >= 0.6 is 0 Å². The SMILES string of the molecule is CCn1cc(C(=O)NCCCN2C[C@H](C)C[C@@H](C)C2)c2cc(OC)c(OC)cc2c1=O. The number of methoxy groups -OCH3 is 2. The fourth-order valence-electron chi connectivity index (χ4n) is 4.71. The molecule has 2 atom stereocenters. The summed E-state index contributed by atoms with van der Waals surface area (Å²) in [6.45, 7) is 10.8. The maximum absolute atomic E-state index is 13.0. The summed E-state index contributed by atoms with van der Waals surface area (Å²) < 4.78 is 12.3. The van der Waals surface area contributed by atoms with E-state index in [4.69, 9.17) is 9.47 Å². The number of nitrogens with one attached hydrogen (secondary N) is 1. The van der Waals surface area contributed by atoms with Gasteiger partial charge in [-0.2, -0.15) is 0 Å². The minimum Gasteiger partial charge on any atom is -0.493 e. The van der Waals surface area contributed by atoms with Crippen molar-refractivity contribution in [3.8, 4) is 11.5 Å². The van der Waals surface area contributed by atoms with Gasteiger partial charge in [0.2, 0.25) is 0 Å². The molecule has 0 spiro atoms. The molecule has 2 aromatic rings. The lowest BCUT2D eigenvalue weighted by Crippen LogP contribution is -2.40. The standard InChI is InChI=1S/C24H35N3O4/c1-6-27-15-20(18-11-21(30-4)22(31-5)12-19(18)24(27)29)23(28)25-8-7-9-26-13-16(2)10-17(3)14-26/h11-12,15-17H,6-10,13-14H2,1-5H3,(H,25,28)/t16-,17-/m1/s1. The Hall–Kier alpha value is -2.54. The van der Waals surface area contributed by atoms with Crippen LogP contribution in [0.3, 0.4) is 0 Å². The van der Waals surface area contributed by atoms with Crippen molar-refractivity contribution in [3.05, 3.63) is 34.2 Å². The van der Waals surface area contributed by atoms with Crippen LogP contribution in [0.4, 0.5) is 0 Å². The molecule has 7 nitrogen and oxygen atoms in total. The van der Waals surface area contributed by atoms with E-state index in [0.717, 1.165) is 37.9 Å². The molecule has 0 saturated carbocycles. The first-order valence-electron chi connectivity index (χ1n) is 11.2. The van der Waals surface area contributed by atoms with Gasteiger partial charge in [-0.3, -0.25) is 9.59 Å². The second-order valence-corrected chi connectivity index (χ2v) is 8.70. The van der Waals surface area contributed by atoms with E-state index in [2.05, 4.69) is 24.1 Å². The van der Waals surface area contributed by atoms with Crippen LogP contribution in [0.1, 0.15) is 44.0 Å². The molecule has 7 heteroatoms. The number of nitrogens with zero attached hydrogens (tertiary/aromatic N) is 2. The Kier molecular flexibility index (Phi) is 7.59. The van der Waals surface area contributed by atoms with E-state index in [9.17, 15) is 9.59 Å². The quantitative estimate of drug-likeness (QED) is 0.653. The normalized spacial score (nSPS) is 19.4. The fourth-order valence-corrected chi connectivity index (χ4v) is 4.71. The molecule has 0 radical (unpaired) electrons. The number of benzene rings is 1. The third-order valence-electron chi connectivity index (χ3n) is 6.06. The zero-order chi connectivity index (χ0) is 22.5. The molecule has 1 aromatic carbocycles. The number of carbonyl (C=O) groups excluding carboxylic acids is 1. The van der Waals surface area contributed by atoms with Gasteiger partial charge in [0.1, 0.15) is 0 Å². The van der Waals surface area contributed by atoms with Crippen molar-refractivity contribution in [2.75, 3.05) is 40.4 Å². The van der Waals surface area contributed by atoms with Gasteiger partial charge in [-0.15, -0.1) is 0 Å². The van der Waals surface area contributed by atoms with E-state index in [1.807, 2.05) is 6.92 Å². The highest BCUT2D eigenvalue weighted by atomic mass is 16.5. The van der Waals surface area contributed by atoms with Crippen LogP contribution in [0.5, 0.6) is 11.5 Å². The summed E-state index contributed by atoms with van der Waals surface area (Å²) in [4.78, 5) is 28.3. The lowest BCUT2D eigenvalue weighted by atomic mass is 9.92. The van der Waals surface area contributed by atoms with E-state index < -0.39 is 0 Å². The highest BCUT2D eigenvalue weighted by molar-refractivity contribution is 6.07. The zero-order valence-corrected chi connectivity index (χ0v) is 19.4. The van der Waals surface area contributed by atoms with E-state index in [0.29, 0.717) is 40.9 Å². The van der Waals surface area contributed by atoms with Crippen molar-refractivity contribution in [1.82, 2.24) is 14.8 Å². The number of piperidine rings is 1. The van der Waals surface area contributed by atoms with Gasteiger partial charge in [-0.25, -0.2) is 0 Å². The first-order chi connectivity index (χ1) is 14.9. The predicted octanol–water partition coefficient (Wildman–Crippen LogP) is 3.14. The molecule has 1 aliphatic heterocycles. The summed E-state index contributed by atoms with van der Waals surface area (Å²) in [5, 5.41) is 4.06. The molecule has 170 valence electrons. The largest absolute Gasteiger partial charge is 0.493 e. The molecule has 0 aliphatic carbocycles. The smallest absolute Gasteiger partial charge is 0.258 e. The topological polar surface area (TPSA) is 72.8 Å². The average Bonchev–Trinajstić information content (AvgIpc) is 2.75. The molecule has 1 fully saturated rings. The lowest BCUT2D eigenvalue weighted by Gasteiger charge is -2.34. The Labute approximate surface area is 184 Å². The molecule has 1 N–H and O–H groups in total. The molecule has 3 rings (SSSR count). The number of ether oxygens (including phenoxy) is 2. The van der Waals surface area contributed by atoms with Crippen LogP contribution < -0.4 is 20.3 Å². The number of aromatic nitrogens is 1. The summed E-state index contributed by atoms with van der Waals surface area (Å²) >= 11 is 0. The van der Waals surface area contributed by atoms with E-state index in [1.165, 1.54) is 13.5 Å². The third kappa shape index (κ3) is 5.21. The average molecular weight is 430 g/mol. The van der Waals surface area contributed by atoms with Gasteiger partial charge >= 0.3 is 0 Å². The monoisotopic (exact) mass is 429 g/mol. The van der Waals surface area contributed by atoms with Gasteiger partial charge in [0.25, 0.3) is 11.5 Å². The van der Waals surface area contributed by atoms with E-state index in [-0.39, 0.29) is 11.5 Å². The Bertz CT molecular complexity index is 975. The summed E-state index contributed by atoms with van der Waals surface area (Å²) in [6.07, 6.45) is 3.83. The minimum atomic E-state index is -0.181. The minimum absolute atomic E-state index is 0.150. The summed E-state index contributed by atoms with van der Waals surface area (Å²) in [5.74, 6) is 2.24. The van der Waals surface area contributed by atoms with Gasteiger partial charge in [0.15, 0.2) is 11.5 Å². The number of likely N-dealkylation sites (tertiary alicyclic amines) is 1. The number of pyridine rings is 1. The number of fused-ring (bicyclic) bond motifs is 1. The molecule has 1 amide bonds. The van der Waals surface area contributed by atoms with Gasteiger partial charge in [-0.1, -0.05) is 13.8 Å². The van der Waals surface area contributed by atoms with Crippen molar-refractivity contribution in [1.29, 1.82) is 0 Å². The number of amides is 1. The van der Waals surface area contributed by atoms with Crippen LogP contribution in [0.2, 0.25) is 0 Å². The van der Waals surface area contributed by atoms with Crippen LogP contribution in [-0.4, -0.2) is 55.8 Å².